The summed E-state index contributed by atoms with van der Waals surface area (Å²) in [7, 11) is 0. The maximum atomic E-state index is 13.4. The summed E-state index contributed by atoms with van der Waals surface area (Å²) in [6.07, 6.45) is -2.88. The van der Waals surface area contributed by atoms with Gasteiger partial charge in [-0.05, 0) is 30.7 Å². The quantitative estimate of drug-likeness (QED) is 0.738. The molecular formula is C14H16FN3O4. The second-order valence-corrected chi connectivity index (χ2v) is 5.26. The Hall–Kier alpha value is -1.87. The van der Waals surface area contributed by atoms with Crippen LogP contribution in [-0.4, -0.2) is 55.2 Å². The Morgan fingerprint density at radius 2 is 2.09 bits per heavy atom. The van der Waals surface area contributed by atoms with E-state index < -0.39 is 31.1 Å². The first-order valence-corrected chi connectivity index (χ1v) is 6.82. The summed E-state index contributed by atoms with van der Waals surface area (Å²) >= 11 is 0. The Labute approximate surface area is 125 Å². The molecule has 0 unspecified atom stereocenters. The summed E-state index contributed by atoms with van der Waals surface area (Å²) in [5.41, 5.74) is 1.63. The maximum Gasteiger partial charge on any atom is 0.181 e. The average molecular weight is 309 g/mol. The zero-order valence-electron chi connectivity index (χ0n) is 11.8. The van der Waals surface area contributed by atoms with Gasteiger partial charge < -0.3 is 20.1 Å². The number of nitrogens with zero attached hydrogens (tertiary/aromatic N) is 3. The van der Waals surface area contributed by atoms with Crippen molar-refractivity contribution in [1.82, 2.24) is 15.0 Å². The molecule has 0 spiro atoms. The predicted molar refractivity (Wildman–Crippen MR) is 73.2 cm³/mol. The number of aryl methyl sites for hydroxylation is 1. The molecule has 3 rings (SSSR count). The van der Waals surface area contributed by atoms with Crippen LogP contribution in [-0.2, 0) is 4.74 Å². The number of rotatable bonds is 3. The van der Waals surface area contributed by atoms with Crippen molar-refractivity contribution in [1.29, 1.82) is 0 Å². The number of aliphatic hydroxyl groups excluding tert-OH is 3. The molecule has 1 aliphatic rings. The Balaban J connectivity index is 1.97. The normalized spacial score (nSPS) is 28.2. The molecule has 118 valence electrons. The number of hydrogen-bond donors (Lipinski definition) is 3. The fraction of sp³-hybridized carbons (Fsp3) is 0.429. The fourth-order valence-corrected chi connectivity index (χ4v) is 2.52. The number of hydrogen-bond acceptors (Lipinski definition) is 6. The Bertz CT molecular complexity index is 678. The van der Waals surface area contributed by atoms with Crippen molar-refractivity contribution in [3.8, 4) is 11.3 Å². The highest BCUT2D eigenvalue weighted by molar-refractivity contribution is 5.59. The first-order valence-electron chi connectivity index (χ1n) is 6.82. The molecule has 0 amide bonds. The van der Waals surface area contributed by atoms with Crippen molar-refractivity contribution in [3.63, 3.8) is 0 Å². The van der Waals surface area contributed by atoms with Crippen LogP contribution in [0.5, 0.6) is 0 Å². The lowest BCUT2D eigenvalue weighted by atomic mass is 10.1. The van der Waals surface area contributed by atoms with Crippen molar-refractivity contribution in [2.75, 3.05) is 6.61 Å². The van der Waals surface area contributed by atoms with E-state index in [-0.39, 0.29) is 5.82 Å². The van der Waals surface area contributed by atoms with E-state index >= 15 is 0 Å². The molecule has 2 aromatic rings. The van der Waals surface area contributed by atoms with Crippen molar-refractivity contribution in [3.05, 3.63) is 35.8 Å². The summed E-state index contributed by atoms with van der Waals surface area (Å²) < 4.78 is 20.1. The highest BCUT2D eigenvalue weighted by Crippen LogP contribution is 2.32. The van der Waals surface area contributed by atoms with E-state index in [0.717, 1.165) is 0 Å². The smallest absolute Gasteiger partial charge is 0.181 e. The molecule has 1 aromatic carbocycles. The Morgan fingerprint density at radius 1 is 1.32 bits per heavy atom. The molecule has 2 heterocycles. The summed E-state index contributed by atoms with van der Waals surface area (Å²) in [5, 5.41) is 36.7. The molecule has 0 radical (unpaired) electrons. The number of aromatic nitrogens is 3. The fourth-order valence-electron chi connectivity index (χ4n) is 2.52. The van der Waals surface area contributed by atoms with Gasteiger partial charge >= 0.3 is 0 Å². The minimum atomic E-state index is -1.25. The van der Waals surface area contributed by atoms with Crippen LogP contribution in [0.15, 0.2) is 24.4 Å². The van der Waals surface area contributed by atoms with Crippen LogP contribution in [0, 0.1) is 12.7 Å². The lowest BCUT2D eigenvalue weighted by Crippen LogP contribution is -2.33. The van der Waals surface area contributed by atoms with Crippen LogP contribution in [0.3, 0.4) is 0 Å². The van der Waals surface area contributed by atoms with E-state index in [9.17, 15) is 14.6 Å². The first kappa shape index (κ1) is 15.0. The predicted octanol–water partition coefficient (Wildman–Crippen LogP) is 0.00412. The molecule has 0 bridgehead atoms. The van der Waals surface area contributed by atoms with Gasteiger partial charge in [0.15, 0.2) is 6.23 Å². The Morgan fingerprint density at radius 3 is 2.73 bits per heavy atom. The third-order valence-corrected chi connectivity index (χ3v) is 3.79. The molecule has 3 N–H and O–H groups in total. The molecule has 1 fully saturated rings. The summed E-state index contributed by atoms with van der Waals surface area (Å²) in [6, 6.07) is 4.53. The minimum absolute atomic E-state index is 0.323. The molecular weight excluding hydrogens is 293 g/mol. The topological polar surface area (TPSA) is 101 Å². The van der Waals surface area contributed by atoms with Crippen LogP contribution in [0.2, 0.25) is 0 Å². The second-order valence-electron chi connectivity index (χ2n) is 5.26. The summed E-state index contributed by atoms with van der Waals surface area (Å²) in [5.74, 6) is -0.323. The zero-order chi connectivity index (χ0) is 15.9. The minimum Gasteiger partial charge on any atom is -0.394 e. The lowest BCUT2D eigenvalue weighted by Gasteiger charge is -2.17. The molecule has 1 saturated heterocycles. The van der Waals surface area contributed by atoms with Gasteiger partial charge in [0.1, 0.15) is 24.1 Å². The van der Waals surface area contributed by atoms with Gasteiger partial charge in [0.2, 0.25) is 0 Å². The standard InChI is InChI=1S/C14H16FN3O4/c1-7-4-8(2-3-9(7)15)10-5-16-17-18(10)14-13(21)12(20)11(6-19)22-14/h2-5,11-14,19-21H,6H2,1H3/t11-,12-,13-,14-/m1/s1. The average Bonchev–Trinajstić information content (AvgIpc) is 3.08. The number of halogens is 1. The van der Waals surface area contributed by atoms with E-state index in [1.54, 1.807) is 19.1 Å². The van der Waals surface area contributed by atoms with Gasteiger partial charge in [-0.25, -0.2) is 9.07 Å². The molecule has 7 nitrogen and oxygen atoms in total. The van der Waals surface area contributed by atoms with Gasteiger partial charge in [0.05, 0.1) is 18.5 Å². The van der Waals surface area contributed by atoms with Gasteiger partial charge in [-0.3, -0.25) is 0 Å². The molecule has 22 heavy (non-hydrogen) atoms. The largest absolute Gasteiger partial charge is 0.394 e. The number of benzene rings is 1. The van der Waals surface area contributed by atoms with E-state index in [4.69, 9.17) is 9.84 Å². The van der Waals surface area contributed by atoms with E-state index in [2.05, 4.69) is 10.3 Å². The maximum absolute atomic E-state index is 13.4. The second kappa shape index (κ2) is 5.73. The van der Waals surface area contributed by atoms with Gasteiger partial charge in [-0.1, -0.05) is 5.21 Å². The van der Waals surface area contributed by atoms with Gasteiger partial charge in [0, 0.05) is 5.56 Å². The van der Waals surface area contributed by atoms with Crippen molar-refractivity contribution < 1.29 is 24.4 Å². The zero-order valence-corrected chi connectivity index (χ0v) is 11.8. The molecule has 1 aromatic heterocycles. The summed E-state index contributed by atoms with van der Waals surface area (Å²) in [6.45, 7) is 1.22. The SMILES string of the molecule is Cc1cc(-c2cnnn2[C@@H]2O[C@H](CO)[C@@H](O)[C@H]2O)ccc1F. The third-order valence-electron chi connectivity index (χ3n) is 3.79. The van der Waals surface area contributed by atoms with Crippen LogP contribution in [0.25, 0.3) is 11.3 Å². The monoisotopic (exact) mass is 309 g/mol. The first-order chi connectivity index (χ1) is 10.5. The highest BCUT2D eigenvalue weighted by atomic mass is 19.1. The van der Waals surface area contributed by atoms with E-state index in [0.29, 0.717) is 16.8 Å². The van der Waals surface area contributed by atoms with Gasteiger partial charge in [0.25, 0.3) is 0 Å². The molecule has 4 atom stereocenters. The van der Waals surface area contributed by atoms with Crippen LogP contribution in [0.1, 0.15) is 11.8 Å². The lowest BCUT2D eigenvalue weighted by molar-refractivity contribution is -0.0585. The van der Waals surface area contributed by atoms with Crippen LogP contribution >= 0.6 is 0 Å². The molecule has 0 saturated carbocycles. The van der Waals surface area contributed by atoms with Gasteiger partial charge in [-0.2, -0.15) is 0 Å². The van der Waals surface area contributed by atoms with Gasteiger partial charge in [-0.15, -0.1) is 5.10 Å². The molecule has 1 aliphatic heterocycles. The van der Waals surface area contributed by atoms with Crippen molar-refractivity contribution >= 4 is 0 Å². The van der Waals surface area contributed by atoms with Crippen molar-refractivity contribution in [2.24, 2.45) is 0 Å². The molecule has 0 aliphatic carbocycles. The summed E-state index contributed by atoms with van der Waals surface area (Å²) in [4.78, 5) is 0. The highest BCUT2D eigenvalue weighted by Gasteiger charge is 2.44. The van der Waals surface area contributed by atoms with Crippen molar-refractivity contribution in [2.45, 2.75) is 31.5 Å². The number of aliphatic hydroxyl groups is 3. The molecule has 8 heteroatoms. The van der Waals surface area contributed by atoms with Crippen LogP contribution < -0.4 is 0 Å². The Kier molecular flexibility index (Phi) is 3.92. The van der Waals surface area contributed by atoms with Crippen LogP contribution in [0.4, 0.5) is 4.39 Å². The van der Waals surface area contributed by atoms with E-state index in [1.807, 2.05) is 0 Å². The van der Waals surface area contributed by atoms with E-state index in [1.165, 1.54) is 16.9 Å². The third kappa shape index (κ3) is 2.40. The number of ether oxygens (including phenoxy) is 1.